The van der Waals surface area contributed by atoms with E-state index in [2.05, 4.69) is 62.0 Å². The predicted molar refractivity (Wildman–Crippen MR) is 147 cm³/mol. The van der Waals surface area contributed by atoms with Crippen LogP contribution < -0.4 is 0 Å². The van der Waals surface area contributed by atoms with E-state index in [1.807, 2.05) is 6.08 Å². The summed E-state index contributed by atoms with van der Waals surface area (Å²) in [5.41, 5.74) is 5.77. The van der Waals surface area contributed by atoms with E-state index in [4.69, 9.17) is 4.74 Å². The van der Waals surface area contributed by atoms with Crippen LogP contribution in [0.1, 0.15) is 99.8 Å². The summed E-state index contributed by atoms with van der Waals surface area (Å²) in [6.07, 6.45) is 20.4. The first-order valence-electron chi connectivity index (χ1n) is 14.1. The van der Waals surface area contributed by atoms with Crippen LogP contribution in [0.2, 0.25) is 0 Å². The number of ether oxygens (including phenoxy) is 1. The van der Waals surface area contributed by atoms with Crippen molar-refractivity contribution in [3.8, 4) is 0 Å². The highest BCUT2D eigenvalue weighted by Crippen LogP contribution is 2.34. The first kappa shape index (κ1) is 26.7. The Bertz CT molecular complexity index is 780. The molecule has 34 heavy (non-hydrogen) atoms. The summed E-state index contributed by atoms with van der Waals surface area (Å²) < 4.78 is 5.65. The maximum Gasteiger partial charge on any atom is 0.0716 e. The summed E-state index contributed by atoms with van der Waals surface area (Å²) in [5, 5.41) is 0. The molecule has 1 aliphatic rings. The van der Waals surface area contributed by atoms with Crippen molar-refractivity contribution in [2.24, 2.45) is 11.8 Å². The van der Waals surface area contributed by atoms with Gasteiger partial charge in [0.05, 0.1) is 6.61 Å². The fraction of sp³-hybridized carbons (Fsp3) is 0.576. The molecule has 0 saturated heterocycles. The molecule has 0 radical (unpaired) electrons. The zero-order chi connectivity index (χ0) is 23.8. The lowest BCUT2D eigenvalue weighted by Crippen LogP contribution is -2.15. The van der Waals surface area contributed by atoms with Gasteiger partial charge in [-0.25, -0.2) is 0 Å². The highest BCUT2D eigenvalue weighted by atomic mass is 16.5. The Labute approximate surface area is 210 Å². The second-order valence-corrected chi connectivity index (χ2v) is 10.5. The van der Waals surface area contributed by atoms with Gasteiger partial charge in [0.25, 0.3) is 0 Å². The molecule has 0 atom stereocenters. The quantitative estimate of drug-likeness (QED) is 0.179. The molecule has 0 bridgehead atoms. The van der Waals surface area contributed by atoms with E-state index in [0.29, 0.717) is 0 Å². The second-order valence-electron chi connectivity index (χ2n) is 10.5. The Morgan fingerprint density at radius 1 is 0.706 bits per heavy atom. The Balaban J connectivity index is 1.24. The van der Waals surface area contributed by atoms with Crippen LogP contribution in [-0.4, -0.2) is 6.61 Å². The third-order valence-electron chi connectivity index (χ3n) is 7.67. The molecule has 1 saturated carbocycles. The molecule has 1 heteroatoms. The lowest BCUT2D eigenvalue weighted by Gasteiger charge is -2.28. The highest BCUT2D eigenvalue weighted by molar-refractivity contribution is 5.23. The Kier molecular flexibility index (Phi) is 12.5. The van der Waals surface area contributed by atoms with Crippen molar-refractivity contribution in [2.75, 3.05) is 6.61 Å². The van der Waals surface area contributed by atoms with Crippen molar-refractivity contribution in [1.29, 1.82) is 0 Å². The Hall–Kier alpha value is -1.86. The van der Waals surface area contributed by atoms with Gasteiger partial charge in [0.15, 0.2) is 0 Å². The van der Waals surface area contributed by atoms with E-state index < -0.39 is 0 Å². The van der Waals surface area contributed by atoms with Gasteiger partial charge >= 0.3 is 0 Å². The molecule has 1 fully saturated rings. The number of benzene rings is 2. The number of aryl methyl sites for hydroxylation is 3. The molecule has 0 amide bonds. The smallest absolute Gasteiger partial charge is 0.0716 e. The largest absolute Gasteiger partial charge is 0.377 e. The van der Waals surface area contributed by atoms with Gasteiger partial charge in [-0.1, -0.05) is 100 Å². The van der Waals surface area contributed by atoms with Gasteiger partial charge in [0.1, 0.15) is 0 Å². The molecular formula is C33H48O. The average molecular weight is 461 g/mol. The van der Waals surface area contributed by atoms with Crippen LogP contribution in [0.4, 0.5) is 0 Å². The minimum absolute atomic E-state index is 0.751. The molecular weight excluding hydrogens is 412 g/mol. The van der Waals surface area contributed by atoms with Gasteiger partial charge in [-0.3, -0.25) is 0 Å². The van der Waals surface area contributed by atoms with E-state index in [1.54, 1.807) is 0 Å². The van der Waals surface area contributed by atoms with Crippen LogP contribution in [0.3, 0.4) is 0 Å². The van der Waals surface area contributed by atoms with Gasteiger partial charge in [0, 0.05) is 6.61 Å². The monoisotopic (exact) mass is 460 g/mol. The van der Waals surface area contributed by atoms with Crippen molar-refractivity contribution in [2.45, 2.75) is 103 Å². The first-order chi connectivity index (χ1) is 16.8. The van der Waals surface area contributed by atoms with Crippen LogP contribution in [0.25, 0.3) is 0 Å². The van der Waals surface area contributed by atoms with E-state index in [1.165, 1.54) is 99.3 Å². The summed E-state index contributed by atoms with van der Waals surface area (Å²) in [7, 11) is 0. The number of hydrogen-bond acceptors (Lipinski definition) is 1. The lowest BCUT2D eigenvalue weighted by atomic mass is 9.77. The van der Waals surface area contributed by atoms with E-state index >= 15 is 0 Å². The van der Waals surface area contributed by atoms with Gasteiger partial charge < -0.3 is 4.74 Å². The van der Waals surface area contributed by atoms with Gasteiger partial charge in [-0.2, -0.15) is 0 Å². The molecule has 1 aliphatic carbocycles. The third-order valence-corrected chi connectivity index (χ3v) is 7.67. The zero-order valence-corrected chi connectivity index (χ0v) is 21.8. The standard InChI is InChI=1S/C33H48O/c1-3-5-6-9-28-12-14-29(15-13-28)10-7-8-11-30-16-18-31(19-17-30)20-21-32-22-24-33(25-23-32)27-34-26-4-2/h3,12-15,22-25,30-31H,1,4-11,16-21,26-27H2,2H3. The molecule has 0 spiro atoms. The van der Waals surface area contributed by atoms with Crippen molar-refractivity contribution in [3.05, 3.63) is 83.4 Å². The summed E-state index contributed by atoms with van der Waals surface area (Å²) in [6, 6.07) is 18.5. The zero-order valence-electron chi connectivity index (χ0n) is 21.8. The average Bonchev–Trinajstić information content (AvgIpc) is 2.88. The minimum atomic E-state index is 0.751. The fourth-order valence-corrected chi connectivity index (χ4v) is 5.40. The predicted octanol–water partition coefficient (Wildman–Crippen LogP) is 9.27. The van der Waals surface area contributed by atoms with Crippen molar-refractivity contribution in [3.63, 3.8) is 0 Å². The molecule has 186 valence electrons. The number of unbranched alkanes of at least 4 members (excludes halogenated alkanes) is 2. The van der Waals surface area contributed by atoms with Crippen LogP contribution in [-0.2, 0) is 30.6 Å². The van der Waals surface area contributed by atoms with Crippen LogP contribution in [0.15, 0.2) is 61.2 Å². The fourth-order valence-electron chi connectivity index (χ4n) is 5.40. The number of rotatable bonds is 16. The molecule has 0 aromatic heterocycles. The molecule has 1 nitrogen and oxygen atoms in total. The van der Waals surface area contributed by atoms with Crippen molar-refractivity contribution in [1.82, 2.24) is 0 Å². The Morgan fingerprint density at radius 2 is 1.24 bits per heavy atom. The number of allylic oxidation sites excluding steroid dienone is 1. The van der Waals surface area contributed by atoms with Crippen LogP contribution in [0, 0.1) is 11.8 Å². The van der Waals surface area contributed by atoms with E-state index in [-0.39, 0.29) is 0 Å². The van der Waals surface area contributed by atoms with Crippen molar-refractivity contribution < 1.29 is 4.74 Å². The minimum Gasteiger partial charge on any atom is -0.377 e. The second kappa shape index (κ2) is 15.9. The molecule has 0 heterocycles. The molecule has 0 unspecified atom stereocenters. The summed E-state index contributed by atoms with van der Waals surface area (Å²) in [5.74, 6) is 1.92. The summed E-state index contributed by atoms with van der Waals surface area (Å²) >= 11 is 0. The van der Waals surface area contributed by atoms with E-state index in [0.717, 1.165) is 37.9 Å². The van der Waals surface area contributed by atoms with Crippen LogP contribution >= 0.6 is 0 Å². The summed E-state index contributed by atoms with van der Waals surface area (Å²) in [4.78, 5) is 0. The Morgan fingerprint density at radius 3 is 1.82 bits per heavy atom. The number of hydrogen-bond donors (Lipinski definition) is 0. The maximum absolute atomic E-state index is 5.65. The highest BCUT2D eigenvalue weighted by Gasteiger charge is 2.20. The van der Waals surface area contributed by atoms with Gasteiger partial charge in [0.2, 0.25) is 0 Å². The molecule has 2 aromatic carbocycles. The molecule has 0 N–H and O–H groups in total. The molecule has 2 aromatic rings. The SMILES string of the molecule is C=CCCCc1ccc(CCCCC2CCC(CCc3ccc(COCCC)cc3)CC2)cc1. The summed E-state index contributed by atoms with van der Waals surface area (Å²) in [6.45, 7) is 7.58. The van der Waals surface area contributed by atoms with Crippen LogP contribution in [0.5, 0.6) is 0 Å². The topological polar surface area (TPSA) is 9.23 Å². The van der Waals surface area contributed by atoms with E-state index in [9.17, 15) is 0 Å². The molecule has 0 aliphatic heterocycles. The first-order valence-corrected chi connectivity index (χ1v) is 14.1. The van der Waals surface area contributed by atoms with Crippen molar-refractivity contribution >= 4 is 0 Å². The molecule has 3 rings (SSSR count). The normalized spacial score (nSPS) is 18.1. The van der Waals surface area contributed by atoms with Gasteiger partial charge in [-0.15, -0.1) is 6.58 Å². The lowest BCUT2D eigenvalue weighted by molar-refractivity contribution is 0.121. The maximum atomic E-state index is 5.65. The van der Waals surface area contributed by atoms with Gasteiger partial charge in [-0.05, 0) is 85.5 Å². The third kappa shape index (κ3) is 10.2.